The number of nitrogens with one attached hydrogen (secondary N) is 1. The number of rotatable bonds is 3. The minimum atomic E-state index is -0.560. The van der Waals surface area contributed by atoms with E-state index in [-0.39, 0.29) is 17.8 Å². The summed E-state index contributed by atoms with van der Waals surface area (Å²) in [5.41, 5.74) is 1.47. The lowest BCUT2D eigenvalue weighted by molar-refractivity contribution is -0.123. The lowest BCUT2D eigenvalue weighted by atomic mass is 10.1. The van der Waals surface area contributed by atoms with Crippen molar-refractivity contribution in [2.24, 2.45) is 4.99 Å². The molecule has 0 saturated carbocycles. The molecule has 0 radical (unpaired) electrons. The number of likely N-dealkylation sites (N-methyl/N-ethyl adjacent to an activating group) is 1. The molecule has 1 aliphatic rings. The second kappa shape index (κ2) is 7.67. The van der Waals surface area contributed by atoms with Gasteiger partial charge >= 0.3 is 0 Å². The van der Waals surface area contributed by atoms with Gasteiger partial charge in [0, 0.05) is 6.54 Å². The molecule has 0 bridgehead atoms. The molecule has 21 heavy (non-hydrogen) atoms. The van der Waals surface area contributed by atoms with E-state index < -0.39 is 6.04 Å². The number of aromatic hydroxyl groups is 1. The molecule has 0 spiro atoms. The minimum absolute atomic E-state index is 0.113. The van der Waals surface area contributed by atoms with E-state index in [4.69, 9.17) is 4.74 Å². The van der Waals surface area contributed by atoms with Gasteiger partial charge in [-0.2, -0.15) is 0 Å². The van der Waals surface area contributed by atoms with Crippen LogP contribution in [0.5, 0.6) is 5.75 Å². The fourth-order valence-corrected chi connectivity index (χ4v) is 2.01. The highest BCUT2D eigenvalue weighted by molar-refractivity contribution is 6.00. The molecule has 0 aliphatic carbocycles. The predicted molar refractivity (Wildman–Crippen MR) is 83.7 cm³/mol. The first-order valence-corrected chi connectivity index (χ1v) is 7.35. The summed E-state index contributed by atoms with van der Waals surface area (Å²) in [7, 11) is 0. The number of hydrogen-bond acceptors (Lipinski definition) is 4. The third-order valence-electron chi connectivity index (χ3n) is 3.00. The molecule has 1 aliphatic heterocycles. The second-order valence-corrected chi connectivity index (χ2v) is 4.62. The van der Waals surface area contributed by atoms with E-state index in [0.717, 1.165) is 5.56 Å². The van der Waals surface area contributed by atoms with Crippen LogP contribution in [0.4, 0.5) is 0 Å². The molecule has 1 heterocycles. The summed E-state index contributed by atoms with van der Waals surface area (Å²) in [5, 5.41) is 12.6. The molecule has 1 aromatic rings. The van der Waals surface area contributed by atoms with Gasteiger partial charge in [-0.05, 0) is 38.5 Å². The maximum atomic E-state index is 11.8. The summed E-state index contributed by atoms with van der Waals surface area (Å²) < 4.78 is 5.58. The second-order valence-electron chi connectivity index (χ2n) is 4.62. The summed E-state index contributed by atoms with van der Waals surface area (Å²) in [6.07, 6.45) is -0.331. The maximum Gasteiger partial charge on any atom is 0.248 e. The van der Waals surface area contributed by atoms with E-state index in [2.05, 4.69) is 10.3 Å². The molecule has 116 valence electrons. The maximum absolute atomic E-state index is 11.8. The van der Waals surface area contributed by atoms with Gasteiger partial charge in [0.05, 0.1) is 5.56 Å². The van der Waals surface area contributed by atoms with Crippen LogP contribution in [0.3, 0.4) is 0 Å². The normalized spacial score (nSPS) is 20.0. The van der Waals surface area contributed by atoms with Crippen molar-refractivity contribution in [1.82, 2.24) is 5.32 Å². The molecule has 2 atom stereocenters. The molecule has 2 N–H and O–H groups in total. The van der Waals surface area contributed by atoms with Crippen molar-refractivity contribution in [2.45, 2.75) is 46.8 Å². The van der Waals surface area contributed by atoms with Crippen molar-refractivity contribution in [3.63, 3.8) is 0 Å². The number of benzene rings is 1. The summed E-state index contributed by atoms with van der Waals surface area (Å²) in [5.74, 6) is 0.278. The number of aliphatic imine (C=N–C) groups is 1. The summed E-state index contributed by atoms with van der Waals surface area (Å²) in [6.45, 7) is 10.1. The standard InChI is InChI=1S/C14H18N2O3.C2H6/c1-4-15-13(18)12-9(3)19-14(16-12)10-6-5-8(2)7-11(10)17;1-2/h5-7,9,12,17H,4H2,1-3H3,(H,15,18);1-2H3/t9-,12-;/m0./s1. The number of carbonyl (C=O) groups is 1. The van der Waals surface area contributed by atoms with E-state index in [1.165, 1.54) is 0 Å². The molecular formula is C16H24N2O3. The highest BCUT2D eigenvalue weighted by atomic mass is 16.5. The fraction of sp³-hybridized carbons (Fsp3) is 0.500. The van der Waals surface area contributed by atoms with Crippen LogP contribution >= 0.6 is 0 Å². The van der Waals surface area contributed by atoms with Crippen LogP contribution in [-0.2, 0) is 9.53 Å². The zero-order chi connectivity index (χ0) is 16.0. The average molecular weight is 292 g/mol. The van der Waals surface area contributed by atoms with Gasteiger partial charge in [0.25, 0.3) is 0 Å². The third-order valence-corrected chi connectivity index (χ3v) is 3.00. The Kier molecular flexibility index (Phi) is 6.21. The monoisotopic (exact) mass is 292 g/mol. The molecule has 1 aromatic carbocycles. The van der Waals surface area contributed by atoms with Crippen molar-refractivity contribution in [2.75, 3.05) is 6.54 Å². The van der Waals surface area contributed by atoms with Crippen molar-refractivity contribution >= 4 is 11.8 Å². The molecular weight excluding hydrogens is 268 g/mol. The predicted octanol–water partition coefficient (Wildman–Crippen LogP) is 2.40. The number of phenols is 1. The van der Waals surface area contributed by atoms with Crippen LogP contribution < -0.4 is 5.32 Å². The van der Waals surface area contributed by atoms with Crippen LogP contribution in [-0.4, -0.2) is 35.6 Å². The SMILES string of the molecule is CC.CCNC(=O)[C@H]1N=C(c2ccc(C)cc2O)O[C@H]1C. The van der Waals surface area contributed by atoms with Crippen LogP contribution in [0.2, 0.25) is 0 Å². The van der Waals surface area contributed by atoms with Gasteiger partial charge in [0.1, 0.15) is 11.9 Å². The van der Waals surface area contributed by atoms with Crippen molar-refractivity contribution in [3.05, 3.63) is 29.3 Å². The molecule has 0 aromatic heterocycles. The van der Waals surface area contributed by atoms with E-state index in [1.807, 2.05) is 33.8 Å². The van der Waals surface area contributed by atoms with Gasteiger partial charge in [-0.25, -0.2) is 4.99 Å². The summed E-state index contributed by atoms with van der Waals surface area (Å²) in [4.78, 5) is 16.1. The Balaban J connectivity index is 0.00000106. The Labute approximate surface area is 126 Å². The van der Waals surface area contributed by atoms with Crippen molar-refractivity contribution in [3.8, 4) is 5.75 Å². The number of ether oxygens (including phenoxy) is 1. The van der Waals surface area contributed by atoms with Crippen LogP contribution in [0.1, 0.15) is 38.8 Å². The van der Waals surface area contributed by atoms with Gasteiger partial charge < -0.3 is 15.2 Å². The lowest BCUT2D eigenvalue weighted by Crippen LogP contribution is -2.38. The molecule has 0 saturated heterocycles. The van der Waals surface area contributed by atoms with Crippen molar-refractivity contribution < 1.29 is 14.6 Å². The number of phenolic OH excluding ortho intramolecular Hbond substituents is 1. The van der Waals surface area contributed by atoms with E-state index in [9.17, 15) is 9.90 Å². The Morgan fingerprint density at radius 1 is 1.43 bits per heavy atom. The van der Waals surface area contributed by atoms with Crippen LogP contribution in [0.25, 0.3) is 0 Å². The van der Waals surface area contributed by atoms with Crippen LogP contribution in [0.15, 0.2) is 23.2 Å². The highest BCUT2D eigenvalue weighted by Gasteiger charge is 2.34. The molecule has 0 fully saturated rings. The number of carbonyl (C=O) groups excluding carboxylic acids is 1. The van der Waals surface area contributed by atoms with Gasteiger partial charge in [-0.15, -0.1) is 0 Å². The lowest BCUT2D eigenvalue weighted by Gasteiger charge is -2.12. The van der Waals surface area contributed by atoms with E-state index in [1.54, 1.807) is 19.1 Å². The van der Waals surface area contributed by atoms with Crippen LogP contribution in [0, 0.1) is 6.92 Å². The quantitative estimate of drug-likeness (QED) is 0.898. The van der Waals surface area contributed by atoms with Gasteiger partial charge in [-0.3, -0.25) is 4.79 Å². The first kappa shape index (κ1) is 17.0. The van der Waals surface area contributed by atoms with Gasteiger partial charge in [-0.1, -0.05) is 19.9 Å². The Hall–Kier alpha value is -2.04. The fourth-order valence-electron chi connectivity index (χ4n) is 2.01. The van der Waals surface area contributed by atoms with Gasteiger partial charge in [0.2, 0.25) is 11.8 Å². The largest absolute Gasteiger partial charge is 0.507 e. The zero-order valence-electron chi connectivity index (χ0n) is 13.3. The smallest absolute Gasteiger partial charge is 0.248 e. The molecule has 0 unspecified atom stereocenters. The Bertz CT molecular complexity index is 526. The number of aryl methyl sites for hydroxylation is 1. The first-order chi connectivity index (χ1) is 10.0. The third kappa shape index (κ3) is 3.97. The van der Waals surface area contributed by atoms with Crippen molar-refractivity contribution in [1.29, 1.82) is 0 Å². The summed E-state index contributed by atoms with van der Waals surface area (Å²) in [6, 6.07) is 4.70. The van der Waals surface area contributed by atoms with E-state index >= 15 is 0 Å². The summed E-state index contributed by atoms with van der Waals surface area (Å²) >= 11 is 0. The number of nitrogens with zero attached hydrogens (tertiary/aromatic N) is 1. The number of amides is 1. The number of hydrogen-bond donors (Lipinski definition) is 2. The average Bonchev–Trinajstić information content (AvgIpc) is 2.83. The van der Waals surface area contributed by atoms with E-state index in [0.29, 0.717) is 18.0 Å². The minimum Gasteiger partial charge on any atom is -0.507 e. The highest BCUT2D eigenvalue weighted by Crippen LogP contribution is 2.25. The molecule has 5 nitrogen and oxygen atoms in total. The van der Waals surface area contributed by atoms with Gasteiger partial charge in [0.15, 0.2) is 6.04 Å². The molecule has 5 heteroatoms. The molecule has 2 rings (SSSR count). The molecule has 1 amide bonds. The Morgan fingerprint density at radius 3 is 2.67 bits per heavy atom. The Morgan fingerprint density at radius 2 is 2.10 bits per heavy atom. The zero-order valence-corrected chi connectivity index (χ0v) is 13.3. The first-order valence-electron chi connectivity index (χ1n) is 7.35. The topological polar surface area (TPSA) is 70.9 Å².